The molecule has 0 aliphatic heterocycles. The van der Waals surface area contributed by atoms with E-state index < -0.39 is 0 Å². The molecule has 0 N–H and O–H groups in total. The molecule has 1 heterocycles. The molecule has 0 spiro atoms. The van der Waals surface area contributed by atoms with Gasteiger partial charge in [0, 0.05) is 21.9 Å². The minimum atomic E-state index is 0.629. The van der Waals surface area contributed by atoms with Gasteiger partial charge in [0.05, 0.1) is 5.56 Å². The summed E-state index contributed by atoms with van der Waals surface area (Å²) in [5.41, 5.74) is 2.46. The maximum Gasteiger partial charge on any atom is 0.153 e. The van der Waals surface area contributed by atoms with Gasteiger partial charge in [0.25, 0.3) is 0 Å². The molecule has 4 heteroatoms. The van der Waals surface area contributed by atoms with Crippen LogP contribution >= 0.6 is 22.6 Å². The number of aryl methyl sites for hydroxylation is 1. The Hall–Kier alpha value is -1.17. The number of hydrogen-bond donors (Lipinski definition) is 0. The monoisotopic (exact) mass is 368 g/mol. The molecule has 0 aliphatic rings. The fraction of sp³-hybridized carbons (Fsp3) is 0.333. The van der Waals surface area contributed by atoms with E-state index in [0.29, 0.717) is 11.5 Å². The molecule has 0 saturated carbocycles. The van der Waals surface area contributed by atoms with Gasteiger partial charge < -0.3 is 0 Å². The summed E-state index contributed by atoms with van der Waals surface area (Å²) in [6, 6.07) is 7.99. The predicted octanol–water partition coefficient (Wildman–Crippen LogP) is 4.01. The largest absolute Gasteiger partial charge is 0.298 e. The van der Waals surface area contributed by atoms with Gasteiger partial charge in [0.1, 0.15) is 5.69 Å². The second kappa shape index (κ2) is 6.32. The van der Waals surface area contributed by atoms with E-state index in [4.69, 9.17) is 0 Å². The Bertz CT molecular complexity index is 575. The van der Waals surface area contributed by atoms with E-state index in [1.54, 1.807) is 0 Å². The van der Waals surface area contributed by atoms with E-state index in [0.717, 1.165) is 34.1 Å². The molecule has 0 bridgehead atoms. The molecule has 2 aromatic rings. The summed E-state index contributed by atoms with van der Waals surface area (Å²) >= 11 is 2.27. The SMILES string of the molecule is CC(C)CCn1cc(C=O)c(-c2ccccc2I)n1. The highest BCUT2D eigenvalue weighted by Gasteiger charge is 2.13. The number of carbonyl (C=O) groups excluding carboxylic acids is 1. The van der Waals surface area contributed by atoms with Crippen LogP contribution in [0.25, 0.3) is 11.3 Å². The van der Waals surface area contributed by atoms with E-state index in [1.807, 2.05) is 35.1 Å². The van der Waals surface area contributed by atoms with E-state index in [1.165, 1.54) is 0 Å². The Morgan fingerprint density at radius 2 is 2.11 bits per heavy atom. The van der Waals surface area contributed by atoms with Gasteiger partial charge in [-0.1, -0.05) is 32.0 Å². The molecule has 2 rings (SSSR count). The fourth-order valence-electron chi connectivity index (χ4n) is 1.89. The third-order valence-electron chi connectivity index (χ3n) is 2.98. The van der Waals surface area contributed by atoms with Crippen molar-refractivity contribution in [1.82, 2.24) is 9.78 Å². The van der Waals surface area contributed by atoms with Gasteiger partial charge in [-0.2, -0.15) is 5.10 Å². The number of halogens is 1. The van der Waals surface area contributed by atoms with Crippen LogP contribution < -0.4 is 0 Å². The Kier molecular flexibility index (Phi) is 4.74. The number of aromatic nitrogens is 2. The van der Waals surface area contributed by atoms with Crippen LogP contribution in [0, 0.1) is 9.49 Å². The zero-order valence-electron chi connectivity index (χ0n) is 11.1. The molecule has 100 valence electrons. The van der Waals surface area contributed by atoms with Gasteiger partial charge in [0.15, 0.2) is 6.29 Å². The lowest BCUT2D eigenvalue weighted by atomic mass is 10.1. The second-order valence-corrected chi connectivity index (χ2v) is 6.14. The van der Waals surface area contributed by atoms with E-state index in [-0.39, 0.29) is 0 Å². The quantitative estimate of drug-likeness (QED) is 0.590. The third kappa shape index (κ3) is 3.43. The third-order valence-corrected chi connectivity index (χ3v) is 3.92. The van der Waals surface area contributed by atoms with Crippen LogP contribution in [-0.4, -0.2) is 16.1 Å². The predicted molar refractivity (Wildman–Crippen MR) is 85.2 cm³/mol. The van der Waals surface area contributed by atoms with E-state index in [9.17, 15) is 4.79 Å². The van der Waals surface area contributed by atoms with Gasteiger partial charge in [-0.3, -0.25) is 9.48 Å². The lowest BCUT2D eigenvalue weighted by Crippen LogP contribution is -2.02. The average molecular weight is 368 g/mol. The van der Waals surface area contributed by atoms with Crippen LogP contribution in [0.5, 0.6) is 0 Å². The first-order valence-corrected chi connectivity index (χ1v) is 7.47. The lowest BCUT2D eigenvalue weighted by Gasteiger charge is -2.04. The second-order valence-electron chi connectivity index (χ2n) is 4.98. The molecule has 0 fully saturated rings. The molecule has 0 atom stereocenters. The van der Waals surface area contributed by atoms with Gasteiger partial charge in [-0.15, -0.1) is 0 Å². The number of aldehydes is 1. The van der Waals surface area contributed by atoms with Gasteiger partial charge in [-0.25, -0.2) is 0 Å². The number of benzene rings is 1. The highest BCUT2D eigenvalue weighted by atomic mass is 127. The maximum absolute atomic E-state index is 11.2. The summed E-state index contributed by atoms with van der Waals surface area (Å²) < 4.78 is 2.99. The van der Waals surface area contributed by atoms with Crippen molar-refractivity contribution in [3.05, 3.63) is 39.6 Å². The summed E-state index contributed by atoms with van der Waals surface area (Å²) in [7, 11) is 0. The topological polar surface area (TPSA) is 34.9 Å². The summed E-state index contributed by atoms with van der Waals surface area (Å²) in [6.07, 6.45) is 3.79. The number of hydrogen-bond acceptors (Lipinski definition) is 2. The smallest absolute Gasteiger partial charge is 0.153 e. The van der Waals surface area contributed by atoms with Crippen molar-refractivity contribution in [2.45, 2.75) is 26.8 Å². The van der Waals surface area contributed by atoms with Crippen molar-refractivity contribution >= 4 is 28.9 Å². The Labute approximate surface area is 127 Å². The Morgan fingerprint density at radius 1 is 1.37 bits per heavy atom. The van der Waals surface area contributed by atoms with Crippen LogP contribution in [0.1, 0.15) is 30.6 Å². The molecular formula is C15H17IN2O. The first kappa shape index (κ1) is 14.2. The van der Waals surface area contributed by atoms with Crippen molar-refractivity contribution in [3.63, 3.8) is 0 Å². The first-order chi connectivity index (χ1) is 9.11. The summed E-state index contributed by atoms with van der Waals surface area (Å²) in [5, 5.41) is 4.56. The Balaban J connectivity index is 2.35. The van der Waals surface area contributed by atoms with Crippen LogP contribution in [0.3, 0.4) is 0 Å². The molecular weight excluding hydrogens is 351 g/mol. The number of rotatable bonds is 5. The van der Waals surface area contributed by atoms with Crippen molar-refractivity contribution in [2.24, 2.45) is 5.92 Å². The molecule has 0 amide bonds. The molecule has 3 nitrogen and oxygen atoms in total. The molecule has 0 aliphatic carbocycles. The summed E-state index contributed by atoms with van der Waals surface area (Å²) in [4.78, 5) is 11.2. The molecule has 1 aromatic heterocycles. The van der Waals surface area contributed by atoms with E-state index >= 15 is 0 Å². The maximum atomic E-state index is 11.2. The number of carbonyl (C=O) groups is 1. The molecule has 0 unspecified atom stereocenters. The van der Waals surface area contributed by atoms with Crippen LogP contribution in [0.15, 0.2) is 30.5 Å². The molecule has 1 aromatic carbocycles. The van der Waals surface area contributed by atoms with Crippen LogP contribution in [0.2, 0.25) is 0 Å². The zero-order valence-corrected chi connectivity index (χ0v) is 13.3. The summed E-state index contributed by atoms with van der Waals surface area (Å²) in [5.74, 6) is 0.629. The van der Waals surface area contributed by atoms with Crippen molar-refractivity contribution < 1.29 is 4.79 Å². The molecule has 19 heavy (non-hydrogen) atoms. The van der Waals surface area contributed by atoms with Crippen LogP contribution in [0.4, 0.5) is 0 Å². The standard InChI is InChI=1S/C15H17IN2O/c1-11(2)7-8-18-9-12(10-19)15(17-18)13-5-3-4-6-14(13)16/h3-6,9-11H,7-8H2,1-2H3. The van der Waals surface area contributed by atoms with Crippen molar-refractivity contribution in [2.75, 3.05) is 0 Å². The zero-order chi connectivity index (χ0) is 13.8. The van der Waals surface area contributed by atoms with Crippen molar-refractivity contribution in [1.29, 1.82) is 0 Å². The van der Waals surface area contributed by atoms with Gasteiger partial charge in [-0.05, 0) is 41.0 Å². The highest BCUT2D eigenvalue weighted by molar-refractivity contribution is 14.1. The van der Waals surface area contributed by atoms with Crippen molar-refractivity contribution in [3.8, 4) is 11.3 Å². The van der Waals surface area contributed by atoms with Gasteiger partial charge in [0.2, 0.25) is 0 Å². The normalized spacial score (nSPS) is 10.9. The minimum Gasteiger partial charge on any atom is -0.298 e. The minimum absolute atomic E-state index is 0.629. The first-order valence-electron chi connectivity index (χ1n) is 6.39. The molecule has 0 radical (unpaired) electrons. The van der Waals surface area contributed by atoms with E-state index in [2.05, 4.69) is 41.5 Å². The van der Waals surface area contributed by atoms with Gasteiger partial charge >= 0.3 is 0 Å². The lowest BCUT2D eigenvalue weighted by molar-refractivity contribution is 0.112. The fourth-order valence-corrected chi connectivity index (χ4v) is 2.53. The average Bonchev–Trinajstić information content (AvgIpc) is 2.80. The van der Waals surface area contributed by atoms with Crippen LogP contribution in [-0.2, 0) is 6.54 Å². The number of nitrogens with zero attached hydrogens (tertiary/aromatic N) is 2. The Morgan fingerprint density at radius 3 is 2.74 bits per heavy atom. The highest BCUT2D eigenvalue weighted by Crippen LogP contribution is 2.26. The molecule has 0 saturated heterocycles. The summed E-state index contributed by atoms with van der Waals surface area (Å²) in [6.45, 7) is 5.22.